The highest BCUT2D eigenvalue weighted by Gasteiger charge is 2.35. The zero-order valence-corrected chi connectivity index (χ0v) is 19.4. The summed E-state index contributed by atoms with van der Waals surface area (Å²) in [6.45, 7) is 4.33. The number of aromatic nitrogens is 2. The molecule has 164 valence electrons. The Bertz CT molecular complexity index is 1120. The number of aryl methyl sites for hydroxylation is 1. The van der Waals surface area contributed by atoms with E-state index in [-0.39, 0.29) is 0 Å². The molecule has 1 aliphatic rings. The molecule has 1 fully saturated rings. The molecule has 0 atom stereocenters. The van der Waals surface area contributed by atoms with Crippen molar-refractivity contribution in [2.45, 2.75) is 26.4 Å². The number of piperidine rings is 1. The van der Waals surface area contributed by atoms with E-state index >= 15 is 0 Å². The molecule has 5 nitrogen and oxygen atoms in total. The number of nitriles is 1. The molecule has 0 radical (unpaired) electrons. The molecule has 4 rings (SSSR count). The summed E-state index contributed by atoms with van der Waals surface area (Å²) in [5, 5.41) is 10.8. The van der Waals surface area contributed by atoms with Gasteiger partial charge in [0.1, 0.15) is 5.82 Å². The lowest BCUT2D eigenvalue weighted by atomic mass is 9.80. The van der Waals surface area contributed by atoms with E-state index < -0.39 is 5.41 Å². The van der Waals surface area contributed by atoms with E-state index in [9.17, 15) is 5.26 Å². The van der Waals surface area contributed by atoms with Crippen LogP contribution in [0.3, 0.4) is 0 Å². The average molecular weight is 467 g/mol. The molecule has 0 saturated carbocycles. The summed E-state index contributed by atoms with van der Waals surface area (Å²) < 4.78 is 5.91. The highest BCUT2D eigenvalue weighted by atomic mass is 35.5. The molecule has 2 heterocycles. The van der Waals surface area contributed by atoms with Gasteiger partial charge in [-0.15, -0.1) is 0 Å². The first-order valence-electron chi connectivity index (χ1n) is 10.6. The number of benzene rings is 2. The van der Waals surface area contributed by atoms with Gasteiger partial charge < -0.3 is 9.64 Å². The van der Waals surface area contributed by atoms with Crippen LogP contribution in [-0.4, -0.2) is 29.7 Å². The van der Waals surface area contributed by atoms with Gasteiger partial charge in [0, 0.05) is 18.7 Å². The highest BCUT2D eigenvalue weighted by molar-refractivity contribution is 6.43. The van der Waals surface area contributed by atoms with Gasteiger partial charge in [-0.1, -0.05) is 65.7 Å². The number of halogens is 2. The maximum absolute atomic E-state index is 9.85. The van der Waals surface area contributed by atoms with Gasteiger partial charge in [0.2, 0.25) is 0 Å². The summed E-state index contributed by atoms with van der Waals surface area (Å²) >= 11 is 12.5. The Morgan fingerprint density at radius 2 is 1.84 bits per heavy atom. The molecule has 1 saturated heterocycles. The Labute approximate surface area is 198 Å². The SMILES string of the molecule is Cc1nc(N2CCC(C#N)(COCc3ccccc3)CC2)cnc1-c1cccc(Cl)c1Cl. The second-order valence-corrected chi connectivity index (χ2v) is 8.91. The minimum atomic E-state index is -0.470. The summed E-state index contributed by atoms with van der Waals surface area (Å²) in [6.07, 6.45) is 3.21. The Morgan fingerprint density at radius 1 is 1.09 bits per heavy atom. The topological polar surface area (TPSA) is 62.0 Å². The van der Waals surface area contributed by atoms with Crippen LogP contribution in [0, 0.1) is 23.7 Å². The summed E-state index contributed by atoms with van der Waals surface area (Å²) in [6, 6.07) is 18.0. The van der Waals surface area contributed by atoms with Crippen molar-refractivity contribution in [3.63, 3.8) is 0 Å². The molecule has 32 heavy (non-hydrogen) atoms. The normalized spacial score (nSPS) is 15.4. The Hall–Kier alpha value is -2.65. The lowest BCUT2D eigenvalue weighted by molar-refractivity contribution is 0.0484. The minimum Gasteiger partial charge on any atom is -0.375 e. The van der Waals surface area contributed by atoms with Crippen molar-refractivity contribution in [2.24, 2.45) is 5.41 Å². The van der Waals surface area contributed by atoms with E-state index in [1.165, 1.54) is 0 Å². The van der Waals surface area contributed by atoms with E-state index in [1.54, 1.807) is 12.3 Å². The Morgan fingerprint density at radius 3 is 2.53 bits per heavy atom. The number of hydrogen-bond donors (Lipinski definition) is 0. The van der Waals surface area contributed by atoms with Crippen molar-refractivity contribution in [3.05, 3.63) is 76.0 Å². The average Bonchev–Trinajstić information content (AvgIpc) is 2.82. The van der Waals surface area contributed by atoms with Crippen LogP contribution in [0.15, 0.2) is 54.7 Å². The van der Waals surface area contributed by atoms with Crippen molar-refractivity contribution >= 4 is 29.0 Å². The number of nitrogens with zero attached hydrogens (tertiary/aromatic N) is 4. The first kappa shape index (κ1) is 22.5. The second-order valence-electron chi connectivity index (χ2n) is 8.12. The van der Waals surface area contributed by atoms with Gasteiger partial charge in [0.15, 0.2) is 0 Å². The first-order valence-corrected chi connectivity index (χ1v) is 11.3. The molecule has 0 N–H and O–H groups in total. The summed E-state index contributed by atoms with van der Waals surface area (Å²) in [5.74, 6) is 0.807. The first-order chi connectivity index (χ1) is 15.5. The van der Waals surface area contributed by atoms with Gasteiger partial charge in [0.25, 0.3) is 0 Å². The van der Waals surface area contributed by atoms with Gasteiger partial charge in [-0.25, -0.2) is 4.98 Å². The maximum atomic E-state index is 9.85. The van der Waals surface area contributed by atoms with E-state index in [1.807, 2.05) is 49.4 Å². The van der Waals surface area contributed by atoms with E-state index in [2.05, 4.69) is 16.0 Å². The van der Waals surface area contributed by atoms with Crippen LogP contribution in [0.1, 0.15) is 24.1 Å². The van der Waals surface area contributed by atoms with Crippen LogP contribution in [0.4, 0.5) is 5.82 Å². The van der Waals surface area contributed by atoms with Crippen LogP contribution in [-0.2, 0) is 11.3 Å². The lowest BCUT2D eigenvalue weighted by Gasteiger charge is -2.37. The molecular formula is C25H24Cl2N4O. The standard InChI is InChI=1S/C25H24Cl2N4O/c1-18-24(20-8-5-9-21(26)23(20)27)29-14-22(30-18)31-12-10-25(16-28,11-13-31)17-32-15-19-6-3-2-4-7-19/h2-9,14H,10-13,15,17H2,1H3. The van der Waals surface area contributed by atoms with Crippen molar-refractivity contribution in [3.8, 4) is 17.3 Å². The fourth-order valence-electron chi connectivity index (χ4n) is 3.96. The lowest BCUT2D eigenvalue weighted by Crippen LogP contribution is -2.42. The van der Waals surface area contributed by atoms with Gasteiger partial charge >= 0.3 is 0 Å². The van der Waals surface area contributed by atoms with Crippen LogP contribution >= 0.6 is 23.2 Å². The van der Waals surface area contributed by atoms with Gasteiger partial charge in [-0.2, -0.15) is 5.26 Å². The molecule has 0 spiro atoms. The number of hydrogen-bond acceptors (Lipinski definition) is 5. The molecule has 0 amide bonds. The van der Waals surface area contributed by atoms with E-state index in [0.717, 1.165) is 54.3 Å². The highest BCUT2D eigenvalue weighted by Crippen LogP contribution is 2.36. The van der Waals surface area contributed by atoms with Crippen LogP contribution in [0.2, 0.25) is 10.0 Å². The fraction of sp³-hybridized carbons (Fsp3) is 0.320. The molecular weight excluding hydrogens is 443 g/mol. The van der Waals surface area contributed by atoms with Crippen molar-refractivity contribution < 1.29 is 4.74 Å². The molecule has 7 heteroatoms. The maximum Gasteiger partial charge on any atom is 0.147 e. The zero-order valence-electron chi connectivity index (χ0n) is 17.9. The molecule has 2 aromatic carbocycles. The van der Waals surface area contributed by atoms with Gasteiger partial charge in [-0.05, 0) is 31.4 Å². The zero-order chi connectivity index (χ0) is 22.6. The number of rotatable bonds is 6. The molecule has 0 aliphatic carbocycles. The largest absolute Gasteiger partial charge is 0.375 e. The third-order valence-corrected chi connectivity index (χ3v) is 6.73. The fourth-order valence-corrected chi connectivity index (χ4v) is 4.35. The van der Waals surface area contributed by atoms with Crippen molar-refractivity contribution in [1.82, 2.24) is 9.97 Å². The van der Waals surface area contributed by atoms with Gasteiger partial charge in [-0.3, -0.25) is 4.98 Å². The minimum absolute atomic E-state index is 0.434. The summed E-state index contributed by atoms with van der Waals surface area (Å²) in [4.78, 5) is 11.6. The third-order valence-electron chi connectivity index (χ3n) is 5.91. The van der Waals surface area contributed by atoms with Gasteiger partial charge in [0.05, 0.1) is 52.3 Å². The third kappa shape index (κ3) is 4.88. The molecule has 3 aromatic rings. The van der Waals surface area contributed by atoms with Crippen LogP contribution in [0.5, 0.6) is 0 Å². The predicted octanol–water partition coefficient (Wildman–Crippen LogP) is 6.09. The smallest absolute Gasteiger partial charge is 0.147 e. The molecule has 1 aliphatic heterocycles. The van der Waals surface area contributed by atoms with Crippen molar-refractivity contribution in [1.29, 1.82) is 5.26 Å². The van der Waals surface area contributed by atoms with Crippen LogP contribution < -0.4 is 4.90 Å². The Balaban J connectivity index is 1.40. The van der Waals surface area contributed by atoms with E-state index in [0.29, 0.717) is 23.3 Å². The monoisotopic (exact) mass is 466 g/mol. The number of anilines is 1. The van der Waals surface area contributed by atoms with Crippen LogP contribution in [0.25, 0.3) is 11.3 Å². The molecule has 0 unspecified atom stereocenters. The summed E-state index contributed by atoms with van der Waals surface area (Å²) in [5.41, 5.74) is 2.92. The van der Waals surface area contributed by atoms with E-state index in [4.69, 9.17) is 32.9 Å². The Kier molecular flexibility index (Phi) is 6.95. The molecule has 1 aromatic heterocycles. The predicted molar refractivity (Wildman–Crippen MR) is 128 cm³/mol. The molecule has 0 bridgehead atoms. The second kappa shape index (κ2) is 9.87. The summed E-state index contributed by atoms with van der Waals surface area (Å²) in [7, 11) is 0. The van der Waals surface area contributed by atoms with Crippen molar-refractivity contribution in [2.75, 3.05) is 24.6 Å². The number of ether oxygens (including phenoxy) is 1. The quantitative estimate of drug-likeness (QED) is 0.439.